The molecule has 148 valence electrons. The summed E-state index contributed by atoms with van der Waals surface area (Å²) >= 11 is 0. The van der Waals surface area contributed by atoms with Gasteiger partial charge in [0.25, 0.3) is 5.91 Å². The van der Waals surface area contributed by atoms with Crippen molar-refractivity contribution < 1.29 is 41.0 Å². The van der Waals surface area contributed by atoms with Gasteiger partial charge in [-0.1, -0.05) is 0 Å². The number of alkyl halides is 6. The average Bonchev–Trinajstić information content (AvgIpc) is 2.55. The molecule has 0 heterocycles. The topological polar surface area (TPSA) is 90.2 Å². The van der Waals surface area contributed by atoms with Crippen LogP contribution in [-0.2, 0) is 17.1 Å². The van der Waals surface area contributed by atoms with Crippen molar-refractivity contribution in [2.24, 2.45) is 0 Å². The highest BCUT2D eigenvalue weighted by Gasteiger charge is 2.37. The van der Waals surface area contributed by atoms with Gasteiger partial charge in [0.05, 0.1) is 17.2 Å². The first-order valence-corrected chi connectivity index (χ1v) is 7.56. The molecule has 0 fully saturated rings. The summed E-state index contributed by atoms with van der Waals surface area (Å²) in [5, 5.41) is 19.4. The Kier molecular flexibility index (Phi) is 7.21. The predicted octanol–water partition coefficient (Wildman–Crippen LogP) is 3.99. The highest BCUT2D eigenvalue weighted by atomic mass is 19.4. The van der Waals surface area contributed by atoms with E-state index in [0.717, 1.165) is 0 Å². The largest absolute Gasteiger partial charge is 0.480 e. The minimum atomic E-state index is -5.13. The highest BCUT2D eigenvalue weighted by Crippen LogP contribution is 2.36. The number of nitriles is 1. The molecule has 11 heteroatoms. The van der Waals surface area contributed by atoms with Gasteiger partial charge in [0.15, 0.2) is 0 Å². The Bertz CT molecular complexity index is 705. The summed E-state index contributed by atoms with van der Waals surface area (Å²) in [5.74, 6) is -2.87. The summed E-state index contributed by atoms with van der Waals surface area (Å²) in [4.78, 5) is 23.2. The van der Waals surface area contributed by atoms with Crippen LogP contribution in [0.1, 0.15) is 47.2 Å². The predicted molar refractivity (Wildman–Crippen MR) is 79.4 cm³/mol. The number of carbonyl (C=O) groups is 2. The van der Waals surface area contributed by atoms with Crippen LogP contribution in [0, 0.1) is 11.3 Å². The van der Waals surface area contributed by atoms with Crippen LogP contribution >= 0.6 is 0 Å². The summed E-state index contributed by atoms with van der Waals surface area (Å²) in [6.07, 6.45) is -9.69. The number of halogens is 6. The van der Waals surface area contributed by atoms with Crippen LogP contribution in [0.2, 0.25) is 0 Å². The Morgan fingerprint density at radius 1 is 1.04 bits per heavy atom. The number of hydrogen-bond acceptors (Lipinski definition) is 3. The summed E-state index contributed by atoms with van der Waals surface area (Å²) in [7, 11) is 0. The molecule has 0 saturated carbocycles. The number of carbonyl (C=O) groups excluding carboxylic acids is 1. The number of carboxylic acid groups (broad SMARTS) is 1. The second kappa shape index (κ2) is 8.75. The minimum absolute atomic E-state index is 0.131. The third-order valence-corrected chi connectivity index (χ3v) is 3.48. The van der Waals surface area contributed by atoms with E-state index in [1.165, 1.54) is 0 Å². The molecule has 1 aromatic carbocycles. The van der Waals surface area contributed by atoms with Crippen molar-refractivity contribution >= 4 is 11.9 Å². The monoisotopic (exact) mass is 396 g/mol. The Morgan fingerprint density at radius 2 is 1.56 bits per heavy atom. The zero-order chi connectivity index (χ0) is 20.8. The fourth-order valence-corrected chi connectivity index (χ4v) is 2.14. The van der Waals surface area contributed by atoms with E-state index in [1.54, 1.807) is 0 Å². The van der Waals surface area contributed by atoms with Gasteiger partial charge >= 0.3 is 18.3 Å². The number of unbranched alkanes of at least 4 members (excludes halogenated alkanes) is 2. The first-order valence-electron chi connectivity index (χ1n) is 7.56. The van der Waals surface area contributed by atoms with Gasteiger partial charge in [0.1, 0.15) is 6.04 Å². The fraction of sp³-hybridized carbons (Fsp3) is 0.438. The molecule has 0 saturated heterocycles. The SMILES string of the molecule is N#CCCCC[C@H](NC(=O)c1cc(C(F)(F)F)cc(C(F)(F)F)c1)C(=O)O. The van der Waals surface area contributed by atoms with E-state index in [2.05, 4.69) is 0 Å². The van der Waals surface area contributed by atoms with Crippen LogP contribution in [0.15, 0.2) is 18.2 Å². The molecular weight excluding hydrogens is 382 g/mol. The van der Waals surface area contributed by atoms with Gasteiger partial charge < -0.3 is 10.4 Å². The normalized spacial score (nSPS) is 12.9. The molecule has 0 radical (unpaired) electrons. The van der Waals surface area contributed by atoms with Crippen LogP contribution in [0.25, 0.3) is 0 Å². The number of nitrogens with zero attached hydrogens (tertiary/aromatic N) is 1. The van der Waals surface area contributed by atoms with Gasteiger partial charge in [0.2, 0.25) is 0 Å². The summed E-state index contributed by atoms with van der Waals surface area (Å²) < 4.78 is 76.9. The van der Waals surface area contributed by atoms with Gasteiger partial charge in [-0.15, -0.1) is 0 Å². The van der Waals surface area contributed by atoms with Crippen LogP contribution in [-0.4, -0.2) is 23.0 Å². The molecule has 2 N–H and O–H groups in total. The number of aliphatic carboxylic acids is 1. The van der Waals surface area contributed by atoms with Crippen LogP contribution in [0.3, 0.4) is 0 Å². The zero-order valence-electron chi connectivity index (χ0n) is 13.6. The molecule has 0 bridgehead atoms. The molecule has 27 heavy (non-hydrogen) atoms. The molecule has 0 spiro atoms. The number of carboxylic acids is 1. The first kappa shape index (κ1) is 22.3. The number of hydrogen-bond donors (Lipinski definition) is 2. The van der Waals surface area contributed by atoms with Crippen LogP contribution in [0.5, 0.6) is 0 Å². The van der Waals surface area contributed by atoms with Crippen LogP contribution < -0.4 is 5.32 Å². The van der Waals surface area contributed by atoms with Crippen molar-refractivity contribution in [1.82, 2.24) is 5.32 Å². The molecule has 0 aliphatic heterocycles. The molecule has 0 unspecified atom stereocenters. The van der Waals surface area contributed by atoms with Crippen molar-refractivity contribution in [3.8, 4) is 6.07 Å². The molecule has 0 aliphatic rings. The second-order valence-electron chi connectivity index (χ2n) is 5.56. The van der Waals surface area contributed by atoms with Crippen molar-refractivity contribution in [2.75, 3.05) is 0 Å². The number of nitrogens with one attached hydrogen (secondary N) is 1. The molecule has 1 atom stereocenters. The molecule has 5 nitrogen and oxygen atoms in total. The van der Waals surface area contributed by atoms with E-state index in [9.17, 15) is 35.9 Å². The molecule has 0 aliphatic carbocycles. The van der Waals surface area contributed by atoms with Gasteiger partial charge in [-0.25, -0.2) is 4.79 Å². The van der Waals surface area contributed by atoms with Gasteiger partial charge in [-0.05, 0) is 37.5 Å². The highest BCUT2D eigenvalue weighted by molar-refractivity contribution is 5.97. The van der Waals surface area contributed by atoms with Crippen molar-refractivity contribution in [3.63, 3.8) is 0 Å². The molecule has 1 rings (SSSR count). The third kappa shape index (κ3) is 6.80. The van der Waals surface area contributed by atoms with Gasteiger partial charge in [-0.3, -0.25) is 4.79 Å². The Balaban J connectivity index is 3.10. The number of amides is 1. The van der Waals surface area contributed by atoms with Gasteiger partial charge in [-0.2, -0.15) is 31.6 Å². The quantitative estimate of drug-likeness (QED) is 0.539. The lowest BCUT2D eigenvalue weighted by molar-refractivity contribution is -0.143. The summed E-state index contributed by atoms with van der Waals surface area (Å²) in [5.41, 5.74) is -4.31. The molecule has 1 amide bonds. The lowest BCUT2D eigenvalue weighted by Crippen LogP contribution is -2.40. The summed E-state index contributed by atoms with van der Waals surface area (Å²) in [6, 6.07) is 0.627. The Labute approximate surface area is 149 Å². The lowest BCUT2D eigenvalue weighted by Gasteiger charge is -2.17. The smallest absolute Gasteiger partial charge is 0.416 e. The second-order valence-corrected chi connectivity index (χ2v) is 5.56. The van der Waals surface area contributed by atoms with E-state index in [4.69, 9.17) is 10.4 Å². The average molecular weight is 396 g/mol. The van der Waals surface area contributed by atoms with Crippen LogP contribution in [0.4, 0.5) is 26.3 Å². The van der Waals surface area contributed by atoms with E-state index < -0.39 is 47.0 Å². The maximum absolute atomic E-state index is 12.8. The zero-order valence-corrected chi connectivity index (χ0v) is 13.6. The fourth-order valence-electron chi connectivity index (χ4n) is 2.14. The number of benzene rings is 1. The van der Waals surface area contributed by atoms with Crippen molar-refractivity contribution in [3.05, 3.63) is 34.9 Å². The Morgan fingerprint density at radius 3 is 1.96 bits per heavy atom. The van der Waals surface area contributed by atoms with Crippen molar-refractivity contribution in [2.45, 2.75) is 44.1 Å². The van der Waals surface area contributed by atoms with Gasteiger partial charge in [0, 0.05) is 12.0 Å². The van der Waals surface area contributed by atoms with E-state index in [-0.39, 0.29) is 37.5 Å². The third-order valence-electron chi connectivity index (χ3n) is 3.48. The van der Waals surface area contributed by atoms with E-state index >= 15 is 0 Å². The maximum atomic E-state index is 12.8. The standard InChI is InChI=1S/C16H14F6N2O3/c17-15(18,19)10-6-9(7-11(8-10)16(20,21)22)13(25)24-12(14(26)27)4-2-1-3-5-23/h6-8,12H,1-4H2,(H,24,25)(H,26,27)/t12-/m0/s1. The summed E-state index contributed by atoms with van der Waals surface area (Å²) in [6.45, 7) is 0. The minimum Gasteiger partial charge on any atom is -0.480 e. The first-order chi connectivity index (χ1) is 12.4. The molecule has 0 aromatic heterocycles. The lowest BCUT2D eigenvalue weighted by atomic mass is 10.0. The van der Waals surface area contributed by atoms with Crippen molar-refractivity contribution in [1.29, 1.82) is 5.26 Å². The molecular formula is C16H14F6N2O3. The van der Waals surface area contributed by atoms with E-state index in [0.29, 0.717) is 6.42 Å². The Hall–Kier alpha value is -2.77. The molecule has 1 aromatic rings. The number of rotatable bonds is 7. The van der Waals surface area contributed by atoms with E-state index in [1.807, 2.05) is 11.4 Å². The maximum Gasteiger partial charge on any atom is 0.416 e.